The molecule has 0 radical (unpaired) electrons. The number of nitrogens with zero attached hydrogens (tertiary/aromatic N) is 2. The van der Waals surface area contributed by atoms with E-state index in [4.69, 9.17) is 4.74 Å². The summed E-state index contributed by atoms with van der Waals surface area (Å²) in [5.41, 5.74) is 1.54. The third-order valence-electron chi connectivity index (χ3n) is 3.49. The molecular weight excluding hydrogens is 329 g/mol. The van der Waals surface area contributed by atoms with Gasteiger partial charge in [0.25, 0.3) is 0 Å². The number of nitrogens with one attached hydrogen (secondary N) is 1. The first-order valence-electron chi connectivity index (χ1n) is 7.31. The van der Waals surface area contributed by atoms with Crippen molar-refractivity contribution in [1.29, 1.82) is 0 Å². The molecule has 124 valence electrons. The monoisotopic (exact) mass is 345 g/mol. The molecule has 1 aromatic heterocycles. The summed E-state index contributed by atoms with van der Waals surface area (Å²) in [6.45, 7) is 0.440. The molecule has 0 saturated heterocycles. The van der Waals surface area contributed by atoms with Crippen LogP contribution in [0.4, 0.5) is 4.39 Å². The van der Waals surface area contributed by atoms with Crippen molar-refractivity contribution < 1.29 is 9.13 Å². The van der Waals surface area contributed by atoms with Crippen molar-refractivity contribution in [2.24, 2.45) is 0 Å². The van der Waals surface area contributed by atoms with E-state index in [1.54, 1.807) is 16.7 Å². The molecule has 3 rings (SSSR count). The second kappa shape index (κ2) is 7.35. The summed E-state index contributed by atoms with van der Waals surface area (Å²) in [5.74, 6) is 0.309. The van der Waals surface area contributed by atoms with Gasteiger partial charge in [-0.25, -0.2) is 14.3 Å². The highest BCUT2D eigenvalue weighted by molar-refractivity contribution is 7.98. The Balaban J connectivity index is 1.74. The number of hydrogen-bond acceptors (Lipinski definition) is 4. The SMILES string of the molecule is COc1ccc(CSc2n[nH]c(=O)n2Cc2ccccc2)cc1F. The van der Waals surface area contributed by atoms with E-state index in [1.165, 1.54) is 24.9 Å². The Morgan fingerprint density at radius 2 is 2.00 bits per heavy atom. The first kappa shape index (κ1) is 16.3. The van der Waals surface area contributed by atoms with Crippen LogP contribution in [0.5, 0.6) is 5.75 Å². The molecule has 0 aliphatic carbocycles. The maximum absolute atomic E-state index is 13.7. The van der Waals surface area contributed by atoms with E-state index in [0.717, 1.165) is 11.1 Å². The van der Waals surface area contributed by atoms with Crippen molar-refractivity contribution >= 4 is 11.8 Å². The Hall–Kier alpha value is -2.54. The number of benzene rings is 2. The number of aromatic nitrogens is 3. The van der Waals surface area contributed by atoms with Crippen LogP contribution < -0.4 is 10.4 Å². The average molecular weight is 345 g/mol. The van der Waals surface area contributed by atoms with Crippen LogP contribution in [0, 0.1) is 5.82 Å². The fourth-order valence-corrected chi connectivity index (χ4v) is 3.16. The Bertz CT molecular complexity index is 877. The lowest BCUT2D eigenvalue weighted by Gasteiger charge is -2.07. The van der Waals surface area contributed by atoms with Crippen molar-refractivity contribution in [3.05, 3.63) is 76.0 Å². The van der Waals surface area contributed by atoms with Crippen molar-refractivity contribution in [1.82, 2.24) is 14.8 Å². The van der Waals surface area contributed by atoms with Crippen LogP contribution in [0.3, 0.4) is 0 Å². The number of aromatic amines is 1. The standard InChI is InChI=1S/C17H16FN3O2S/c1-23-15-8-7-13(9-14(15)18)11-24-17-20-19-16(22)21(17)10-12-5-3-2-4-6-12/h2-9H,10-11H2,1H3,(H,19,22). The summed E-state index contributed by atoms with van der Waals surface area (Å²) in [7, 11) is 1.43. The van der Waals surface area contributed by atoms with E-state index in [9.17, 15) is 9.18 Å². The van der Waals surface area contributed by atoms with Crippen LogP contribution in [-0.4, -0.2) is 21.9 Å². The summed E-state index contributed by atoms with van der Waals surface area (Å²) >= 11 is 1.38. The minimum atomic E-state index is -0.403. The predicted molar refractivity (Wildman–Crippen MR) is 90.9 cm³/mol. The zero-order chi connectivity index (χ0) is 16.9. The van der Waals surface area contributed by atoms with Crippen LogP contribution in [-0.2, 0) is 12.3 Å². The molecule has 0 amide bonds. The highest BCUT2D eigenvalue weighted by Gasteiger charge is 2.11. The van der Waals surface area contributed by atoms with Gasteiger partial charge in [0.15, 0.2) is 16.7 Å². The number of thioether (sulfide) groups is 1. The highest BCUT2D eigenvalue weighted by Crippen LogP contribution is 2.24. The number of hydrogen-bond donors (Lipinski definition) is 1. The number of halogens is 1. The Morgan fingerprint density at radius 1 is 1.21 bits per heavy atom. The van der Waals surface area contributed by atoms with E-state index in [0.29, 0.717) is 17.5 Å². The van der Waals surface area contributed by atoms with Crippen LogP contribution in [0.25, 0.3) is 0 Å². The van der Waals surface area contributed by atoms with Gasteiger partial charge < -0.3 is 4.74 Å². The van der Waals surface area contributed by atoms with Crippen LogP contribution in [0.2, 0.25) is 0 Å². The van der Waals surface area contributed by atoms with Gasteiger partial charge in [-0.3, -0.25) is 4.57 Å². The summed E-state index contributed by atoms with van der Waals surface area (Å²) in [5, 5.41) is 7.09. The van der Waals surface area contributed by atoms with Crippen molar-refractivity contribution in [3.63, 3.8) is 0 Å². The molecule has 2 aromatic carbocycles. The minimum absolute atomic E-state index is 0.213. The molecule has 1 N–H and O–H groups in total. The summed E-state index contributed by atoms with van der Waals surface area (Å²) in [6, 6.07) is 14.5. The van der Waals surface area contributed by atoms with Crippen molar-refractivity contribution in [2.75, 3.05) is 7.11 Å². The van der Waals surface area contributed by atoms with Gasteiger partial charge in [-0.1, -0.05) is 48.2 Å². The van der Waals surface area contributed by atoms with E-state index in [2.05, 4.69) is 10.2 Å². The minimum Gasteiger partial charge on any atom is -0.494 e. The van der Waals surface area contributed by atoms with E-state index in [1.807, 2.05) is 30.3 Å². The van der Waals surface area contributed by atoms with Gasteiger partial charge in [0.2, 0.25) is 0 Å². The summed E-state index contributed by atoms with van der Waals surface area (Å²) in [6.07, 6.45) is 0. The van der Waals surface area contributed by atoms with Gasteiger partial charge >= 0.3 is 5.69 Å². The van der Waals surface area contributed by atoms with Gasteiger partial charge in [-0.05, 0) is 23.3 Å². The largest absolute Gasteiger partial charge is 0.494 e. The number of ether oxygens (including phenoxy) is 1. The summed E-state index contributed by atoms with van der Waals surface area (Å²) in [4.78, 5) is 11.9. The molecule has 1 heterocycles. The normalized spacial score (nSPS) is 10.8. The molecule has 7 heteroatoms. The first-order chi connectivity index (χ1) is 11.7. The van der Waals surface area contributed by atoms with Gasteiger partial charge in [-0.15, -0.1) is 5.10 Å². The molecule has 0 aliphatic rings. The topological polar surface area (TPSA) is 59.9 Å². The molecule has 0 fully saturated rings. The van der Waals surface area contributed by atoms with Gasteiger partial charge in [0, 0.05) is 5.75 Å². The maximum atomic E-state index is 13.7. The van der Waals surface area contributed by atoms with E-state index in [-0.39, 0.29) is 11.4 Å². The second-order valence-corrected chi connectivity index (χ2v) is 6.08. The lowest BCUT2D eigenvalue weighted by molar-refractivity contribution is 0.386. The average Bonchev–Trinajstić information content (AvgIpc) is 2.94. The van der Waals surface area contributed by atoms with Crippen LogP contribution >= 0.6 is 11.8 Å². The molecule has 0 bridgehead atoms. The van der Waals surface area contributed by atoms with Gasteiger partial charge in [0.05, 0.1) is 13.7 Å². The number of rotatable bonds is 6. The maximum Gasteiger partial charge on any atom is 0.344 e. The Labute approximate surface area is 142 Å². The molecule has 0 saturated carbocycles. The number of H-pyrrole nitrogens is 1. The highest BCUT2D eigenvalue weighted by atomic mass is 32.2. The fourth-order valence-electron chi connectivity index (χ4n) is 2.27. The molecule has 0 spiro atoms. The smallest absolute Gasteiger partial charge is 0.344 e. The molecule has 24 heavy (non-hydrogen) atoms. The third kappa shape index (κ3) is 3.68. The van der Waals surface area contributed by atoms with Crippen molar-refractivity contribution in [3.8, 4) is 5.75 Å². The number of methoxy groups -OCH3 is 1. The zero-order valence-electron chi connectivity index (χ0n) is 13.0. The van der Waals surface area contributed by atoms with Crippen LogP contribution in [0.1, 0.15) is 11.1 Å². The molecule has 0 unspecified atom stereocenters. The fraction of sp³-hybridized carbons (Fsp3) is 0.176. The van der Waals surface area contributed by atoms with E-state index < -0.39 is 5.82 Å². The predicted octanol–water partition coefficient (Wildman–Crippen LogP) is 3.06. The first-order valence-corrected chi connectivity index (χ1v) is 8.30. The second-order valence-electron chi connectivity index (χ2n) is 5.14. The third-order valence-corrected chi connectivity index (χ3v) is 4.54. The van der Waals surface area contributed by atoms with Gasteiger partial charge in [-0.2, -0.15) is 0 Å². The molecule has 0 atom stereocenters. The molecule has 3 aromatic rings. The zero-order valence-corrected chi connectivity index (χ0v) is 13.8. The molecule has 5 nitrogen and oxygen atoms in total. The summed E-state index contributed by atoms with van der Waals surface area (Å²) < 4.78 is 20.2. The lowest BCUT2D eigenvalue weighted by Crippen LogP contribution is -2.18. The lowest BCUT2D eigenvalue weighted by atomic mass is 10.2. The Morgan fingerprint density at radius 3 is 2.71 bits per heavy atom. The van der Waals surface area contributed by atoms with Gasteiger partial charge in [0.1, 0.15) is 0 Å². The molecular formula is C17H16FN3O2S. The quantitative estimate of drug-likeness (QED) is 0.698. The Kier molecular flexibility index (Phi) is 5.00. The molecule has 0 aliphatic heterocycles. The van der Waals surface area contributed by atoms with E-state index >= 15 is 0 Å². The van der Waals surface area contributed by atoms with Crippen LogP contribution in [0.15, 0.2) is 58.5 Å². The van der Waals surface area contributed by atoms with Crippen molar-refractivity contribution in [2.45, 2.75) is 17.5 Å².